The summed E-state index contributed by atoms with van der Waals surface area (Å²) in [4.78, 5) is 17.4. The molecule has 0 radical (unpaired) electrons. The maximum absolute atomic E-state index is 13.1. The van der Waals surface area contributed by atoms with Gasteiger partial charge in [-0.25, -0.2) is 12.8 Å². The lowest BCUT2D eigenvalue weighted by Crippen LogP contribution is -2.15. The fraction of sp³-hybridized carbons (Fsp3) is 0.0909. The number of benzene rings is 3. The summed E-state index contributed by atoms with van der Waals surface area (Å²) in [5, 5.41) is 0.630. The number of amides is 1. The van der Waals surface area contributed by atoms with Crippen LogP contribution in [0.3, 0.4) is 0 Å². The first-order chi connectivity index (χ1) is 15.2. The molecule has 0 atom stereocenters. The number of aromatic nitrogens is 1. The molecule has 4 rings (SSSR count). The first kappa shape index (κ1) is 22.2. The van der Waals surface area contributed by atoms with Crippen LogP contribution in [0.2, 0.25) is 5.02 Å². The summed E-state index contributed by atoms with van der Waals surface area (Å²) in [6.45, 7) is 1.90. The highest BCUT2D eigenvalue weighted by Crippen LogP contribution is 2.26. The quantitative estimate of drug-likeness (QED) is 0.443. The number of aryl methyl sites for hydroxylation is 2. The molecule has 164 valence electrons. The molecule has 10 heteroatoms. The van der Waals surface area contributed by atoms with E-state index < -0.39 is 21.7 Å². The highest BCUT2D eigenvalue weighted by atomic mass is 35.5. The summed E-state index contributed by atoms with van der Waals surface area (Å²) in [6, 6.07) is 14.2. The Labute approximate surface area is 192 Å². The molecule has 6 nitrogen and oxygen atoms in total. The fourth-order valence-electron chi connectivity index (χ4n) is 3.21. The lowest BCUT2D eigenvalue weighted by atomic mass is 10.2. The van der Waals surface area contributed by atoms with Crippen LogP contribution in [0.25, 0.3) is 10.2 Å². The Bertz CT molecular complexity index is 1520. The molecule has 1 N–H and O–H groups in total. The molecule has 0 bridgehead atoms. The van der Waals surface area contributed by atoms with Crippen molar-refractivity contribution in [2.45, 2.75) is 11.8 Å². The molecule has 0 unspecified atom stereocenters. The number of nitrogens with one attached hydrogen (secondary N) is 1. The van der Waals surface area contributed by atoms with Crippen LogP contribution in [-0.4, -0.2) is 18.9 Å². The molecule has 1 amide bonds. The van der Waals surface area contributed by atoms with Gasteiger partial charge >= 0.3 is 0 Å². The first-order valence-corrected chi connectivity index (χ1v) is 12.1. The van der Waals surface area contributed by atoms with Crippen molar-refractivity contribution in [3.05, 3.63) is 87.4 Å². The molecule has 0 aliphatic carbocycles. The number of carbonyl (C=O) groups is 1. The minimum Gasteiger partial charge on any atom is -0.319 e. The van der Waals surface area contributed by atoms with Crippen molar-refractivity contribution in [1.29, 1.82) is 0 Å². The third-order valence-electron chi connectivity index (χ3n) is 4.83. The van der Waals surface area contributed by atoms with Crippen LogP contribution in [0.4, 0.5) is 10.1 Å². The van der Waals surface area contributed by atoms with Gasteiger partial charge in [-0.05, 0) is 67.1 Å². The van der Waals surface area contributed by atoms with Gasteiger partial charge in [-0.2, -0.15) is 4.99 Å². The van der Waals surface area contributed by atoms with Gasteiger partial charge in [-0.15, -0.1) is 0 Å². The van der Waals surface area contributed by atoms with Crippen LogP contribution >= 0.6 is 22.9 Å². The highest BCUT2D eigenvalue weighted by molar-refractivity contribution is 7.92. The minimum absolute atomic E-state index is 0.0911. The van der Waals surface area contributed by atoms with Gasteiger partial charge in [0.2, 0.25) is 0 Å². The summed E-state index contributed by atoms with van der Waals surface area (Å²) in [5.74, 6) is -1.05. The van der Waals surface area contributed by atoms with Gasteiger partial charge in [0.15, 0.2) is 4.80 Å². The van der Waals surface area contributed by atoms with Crippen LogP contribution in [0.5, 0.6) is 0 Å². The number of hydrogen-bond acceptors (Lipinski definition) is 4. The standard InChI is InChI=1S/C22H17ClFN3O3S2/c1-13-18(23)10-11-19-20(13)27(2)22(31-19)25-21(28)14-4-3-5-16(12-14)26-32(29,30)17-8-6-15(24)7-9-17/h3-12,26H,1-2H3. The lowest BCUT2D eigenvalue weighted by molar-refractivity contribution is 0.0998. The summed E-state index contributed by atoms with van der Waals surface area (Å²) in [6.07, 6.45) is 0. The van der Waals surface area contributed by atoms with E-state index in [0.717, 1.165) is 40.0 Å². The predicted molar refractivity (Wildman–Crippen MR) is 124 cm³/mol. The van der Waals surface area contributed by atoms with Crippen molar-refractivity contribution in [3.8, 4) is 0 Å². The van der Waals surface area contributed by atoms with Gasteiger partial charge < -0.3 is 4.57 Å². The zero-order valence-electron chi connectivity index (χ0n) is 17.0. The van der Waals surface area contributed by atoms with Crippen molar-refractivity contribution >= 4 is 54.8 Å². The second-order valence-corrected chi connectivity index (χ2v) is 10.1. The van der Waals surface area contributed by atoms with Gasteiger partial charge in [0, 0.05) is 23.3 Å². The number of rotatable bonds is 4. The number of nitrogens with zero attached hydrogens (tertiary/aromatic N) is 2. The average Bonchev–Trinajstić information content (AvgIpc) is 3.07. The van der Waals surface area contributed by atoms with Crippen molar-refractivity contribution in [3.63, 3.8) is 0 Å². The molecule has 4 aromatic rings. The Balaban J connectivity index is 1.66. The van der Waals surface area contributed by atoms with Crippen LogP contribution in [0, 0.1) is 12.7 Å². The van der Waals surface area contributed by atoms with E-state index in [4.69, 9.17) is 11.6 Å². The van der Waals surface area contributed by atoms with E-state index in [2.05, 4.69) is 9.71 Å². The van der Waals surface area contributed by atoms with Crippen LogP contribution < -0.4 is 9.52 Å². The van der Waals surface area contributed by atoms with Crippen LogP contribution in [-0.2, 0) is 17.1 Å². The van der Waals surface area contributed by atoms with Crippen molar-refractivity contribution in [2.24, 2.45) is 12.0 Å². The molecular weight excluding hydrogens is 473 g/mol. The zero-order chi connectivity index (χ0) is 23.0. The third-order valence-corrected chi connectivity index (χ3v) is 7.74. The predicted octanol–water partition coefficient (Wildman–Crippen LogP) is 4.88. The van der Waals surface area contributed by atoms with Gasteiger partial charge in [0.05, 0.1) is 15.1 Å². The molecule has 3 aromatic carbocycles. The second kappa shape index (κ2) is 8.50. The number of halogens is 2. The first-order valence-electron chi connectivity index (χ1n) is 9.38. The van der Waals surface area contributed by atoms with Crippen molar-refractivity contribution in [1.82, 2.24) is 4.57 Å². The molecule has 0 aliphatic heterocycles. The van der Waals surface area contributed by atoms with Gasteiger partial charge in [0.1, 0.15) is 5.82 Å². The SMILES string of the molecule is Cc1c(Cl)ccc2sc(=NC(=O)c3cccc(NS(=O)(=O)c4ccc(F)cc4)c3)n(C)c12. The number of thiazole rings is 1. The van der Waals surface area contributed by atoms with Crippen molar-refractivity contribution < 1.29 is 17.6 Å². The largest absolute Gasteiger partial charge is 0.319 e. The molecule has 1 aromatic heterocycles. The monoisotopic (exact) mass is 489 g/mol. The van der Waals surface area contributed by atoms with Crippen LogP contribution in [0.15, 0.2) is 70.6 Å². The molecule has 0 saturated carbocycles. The molecular formula is C22H17ClFN3O3S2. The smallest absolute Gasteiger partial charge is 0.279 e. The Morgan fingerprint density at radius 1 is 1.12 bits per heavy atom. The molecule has 0 spiro atoms. The number of hydrogen-bond donors (Lipinski definition) is 1. The third kappa shape index (κ3) is 4.32. The second-order valence-electron chi connectivity index (χ2n) is 7.02. The van der Waals surface area contributed by atoms with Crippen LogP contribution in [0.1, 0.15) is 15.9 Å². The maximum Gasteiger partial charge on any atom is 0.279 e. The van der Waals surface area contributed by atoms with E-state index in [1.54, 1.807) is 22.8 Å². The van der Waals surface area contributed by atoms with Gasteiger partial charge in [-0.3, -0.25) is 9.52 Å². The summed E-state index contributed by atoms with van der Waals surface area (Å²) in [5.41, 5.74) is 2.21. The Kier molecular flexibility index (Phi) is 5.89. The summed E-state index contributed by atoms with van der Waals surface area (Å²) < 4.78 is 43.3. The fourth-order valence-corrected chi connectivity index (χ4v) is 5.48. The van der Waals surface area contributed by atoms with E-state index in [-0.39, 0.29) is 16.1 Å². The summed E-state index contributed by atoms with van der Waals surface area (Å²) in [7, 11) is -2.13. The molecule has 32 heavy (non-hydrogen) atoms. The molecule has 0 fully saturated rings. The van der Waals surface area contributed by atoms with Gasteiger partial charge in [0.25, 0.3) is 15.9 Å². The molecule has 1 heterocycles. The Morgan fingerprint density at radius 3 is 2.56 bits per heavy atom. The number of fused-ring (bicyclic) bond motifs is 1. The van der Waals surface area contributed by atoms with E-state index in [1.807, 2.05) is 20.0 Å². The molecule has 0 aliphatic rings. The van der Waals surface area contributed by atoms with E-state index >= 15 is 0 Å². The normalized spacial score (nSPS) is 12.3. The summed E-state index contributed by atoms with van der Waals surface area (Å²) >= 11 is 7.57. The van der Waals surface area contributed by atoms with Crippen molar-refractivity contribution in [2.75, 3.05) is 4.72 Å². The Hall–Kier alpha value is -3.01. The van der Waals surface area contributed by atoms with E-state index in [1.165, 1.54) is 23.5 Å². The zero-order valence-corrected chi connectivity index (χ0v) is 19.4. The number of carbonyl (C=O) groups excluding carboxylic acids is 1. The maximum atomic E-state index is 13.1. The van der Waals surface area contributed by atoms with E-state index in [9.17, 15) is 17.6 Å². The lowest BCUT2D eigenvalue weighted by Gasteiger charge is -2.08. The Morgan fingerprint density at radius 2 is 1.84 bits per heavy atom. The van der Waals surface area contributed by atoms with E-state index in [0.29, 0.717) is 9.82 Å². The number of anilines is 1. The average molecular weight is 490 g/mol. The molecule has 0 saturated heterocycles. The highest BCUT2D eigenvalue weighted by Gasteiger charge is 2.16. The minimum atomic E-state index is -3.94. The number of sulfonamides is 1. The topological polar surface area (TPSA) is 80.5 Å². The van der Waals surface area contributed by atoms with Gasteiger partial charge in [-0.1, -0.05) is 29.0 Å².